The molecule has 0 fully saturated rings. The molecule has 0 atom stereocenters. The molecule has 2 aromatic rings. The van der Waals surface area contributed by atoms with Crippen molar-refractivity contribution in [2.75, 3.05) is 16.4 Å². The summed E-state index contributed by atoms with van der Waals surface area (Å²) >= 11 is 5.99. The quantitative estimate of drug-likeness (QED) is 0.247. The summed E-state index contributed by atoms with van der Waals surface area (Å²) in [6.45, 7) is 0. The van der Waals surface area contributed by atoms with Crippen molar-refractivity contribution in [3.05, 3.63) is 69.4 Å². The van der Waals surface area contributed by atoms with Crippen LogP contribution in [0.2, 0.25) is 5.02 Å². The average molecular weight is 358 g/mol. The molecule has 2 aromatic carbocycles. The minimum absolute atomic E-state index is 0.174. The summed E-state index contributed by atoms with van der Waals surface area (Å²) in [5, 5.41) is 25.4. The first-order valence-corrected chi connectivity index (χ1v) is 7.26. The molecule has 8 nitrogen and oxygen atoms in total. The summed E-state index contributed by atoms with van der Waals surface area (Å²) in [7, 11) is 0. The van der Waals surface area contributed by atoms with Crippen LogP contribution >= 0.6 is 11.6 Å². The van der Waals surface area contributed by atoms with Gasteiger partial charge in [-0.3, -0.25) is 14.9 Å². The normalized spacial score (nSPS) is 10.6. The summed E-state index contributed by atoms with van der Waals surface area (Å²) in [5.74, 6) is -0.720. The highest BCUT2D eigenvalue weighted by Gasteiger charge is 2.12. The number of carbonyl (C=O) groups excluding carboxylic acids is 1. The highest BCUT2D eigenvalue weighted by molar-refractivity contribution is 6.33. The van der Waals surface area contributed by atoms with E-state index in [1.54, 1.807) is 18.2 Å². The van der Waals surface area contributed by atoms with E-state index in [2.05, 4.69) is 10.6 Å². The zero-order valence-corrected chi connectivity index (χ0v) is 13.4. The van der Waals surface area contributed by atoms with Gasteiger partial charge in [0, 0.05) is 29.7 Å². The molecule has 0 aliphatic rings. The van der Waals surface area contributed by atoms with Crippen LogP contribution in [0.3, 0.4) is 0 Å². The summed E-state index contributed by atoms with van der Waals surface area (Å²) in [5.41, 5.74) is 6.31. The number of rotatable bonds is 5. The zero-order chi connectivity index (χ0) is 18.4. The van der Waals surface area contributed by atoms with Crippen LogP contribution < -0.4 is 16.4 Å². The number of benzene rings is 2. The Hall–Kier alpha value is -3.57. The fraction of sp³-hybridized carbons (Fsp3) is 0. The van der Waals surface area contributed by atoms with Gasteiger partial charge in [-0.2, -0.15) is 5.26 Å². The van der Waals surface area contributed by atoms with Gasteiger partial charge in [0.1, 0.15) is 11.6 Å². The van der Waals surface area contributed by atoms with Crippen molar-refractivity contribution < 1.29 is 9.72 Å². The number of amides is 1. The van der Waals surface area contributed by atoms with Gasteiger partial charge < -0.3 is 16.4 Å². The van der Waals surface area contributed by atoms with E-state index in [-0.39, 0.29) is 16.9 Å². The number of nitrogen functional groups attached to an aromatic ring is 1. The number of nitrogens with one attached hydrogen (secondary N) is 2. The number of nitriles is 1. The lowest BCUT2D eigenvalue weighted by atomic mass is 10.2. The Morgan fingerprint density at radius 1 is 1.32 bits per heavy atom. The topological polar surface area (TPSA) is 134 Å². The summed E-state index contributed by atoms with van der Waals surface area (Å²) in [6.07, 6.45) is 1.18. The summed E-state index contributed by atoms with van der Waals surface area (Å²) < 4.78 is 0. The third-order valence-electron chi connectivity index (χ3n) is 3.05. The molecule has 4 N–H and O–H groups in total. The number of nitrogens with two attached hydrogens (primary N) is 1. The van der Waals surface area contributed by atoms with Crippen molar-refractivity contribution in [1.29, 1.82) is 5.26 Å². The molecule has 1 amide bonds. The molecule has 0 unspecified atom stereocenters. The van der Waals surface area contributed by atoms with E-state index in [4.69, 9.17) is 22.6 Å². The number of hydrogen-bond acceptors (Lipinski definition) is 6. The van der Waals surface area contributed by atoms with Gasteiger partial charge in [0.2, 0.25) is 0 Å². The van der Waals surface area contributed by atoms with Crippen LogP contribution in [0.15, 0.2) is 54.2 Å². The molecule has 0 spiro atoms. The number of non-ortho nitro benzene ring substituents is 1. The second kappa shape index (κ2) is 7.81. The molecule has 0 aliphatic heterocycles. The molecular weight excluding hydrogens is 346 g/mol. The van der Waals surface area contributed by atoms with Crippen molar-refractivity contribution in [1.82, 2.24) is 0 Å². The van der Waals surface area contributed by atoms with Crippen LogP contribution in [0.4, 0.5) is 22.7 Å². The van der Waals surface area contributed by atoms with E-state index >= 15 is 0 Å². The summed E-state index contributed by atoms with van der Waals surface area (Å²) in [6, 6.07) is 11.9. The zero-order valence-electron chi connectivity index (χ0n) is 12.7. The number of nitro groups is 1. The van der Waals surface area contributed by atoms with E-state index < -0.39 is 10.8 Å². The molecule has 0 saturated carbocycles. The SMILES string of the molecule is N#C/C(=C/Nc1ccc(N)cc1Cl)C(=O)Nc1cccc([N+](=O)[O-])c1. The summed E-state index contributed by atoms with van der Waals surface area (Å²) in [4.78, 5) is 22.3. The van der Waals surface area contributed by atoms with Gasteiger partial charge in [0.25, 0.3) is 11.6 Å². The average Bonchev–Trinajstić information content (AvgIpc) is 2.57. The van der Waals surface area contributed by atoms with Gasteiger partial charge in [-0.1, -0.05) is 17.7 Å². The maximum absolute atomic E-state index is 12.1. The number of hydrogen-bond donors (Lipinski definition) is 3. The van der Waals surface area contributed by atoms with E-state index in [9.17, 15) is 14.9 Å². The van der Waals surface area contributed by atoms with E-state index in [0.29, 0.717) is 16.4 Å². The first kappa shape index (κ1) is 17.8. The Kier molecular flexibility index (Phi) is 5.55. The van der Waals surface area contributed by atoms with Crippen molar-refractivity contribution in [2.24, 2.45) is 0 Å². The van der Waals surface area contributed by atoms with Gasteiger partial charge in [-0.25, -0.2) is 0 Å². The number of anilines is 3. The maximum Gasteiger partial charge on any atom is 0.271 e. The molecule has 9 heteroatoms. The van der Waals surface area contributed by atoms with Crippen LogP contribution in [-0.2, 0) is 4.79 Å². The lowest BCUT2D eigenvalue weighted by Crippen LogP contribution is -2.14. The second-order valence-electron chi connectivity index (χ2n) is 4.81. The smallest absolute Gasteiger partial charge is 0.271 e. The Morgan fingerprint density at radius 2 is 2.08 bits per heavy atom. The maximum atomic E-state index is 12.1. The van der Waals surface area contributed by atoms with Crippen molar-refractivity contribution in [3.8, 4) is 6.07 Å². The predicted octanol–water partition coefficient (Wildman–Crippen LogP) is 3.29. The standard InChI is InChI=1S/C16H12ClN5O3/c17-14-6-11(19)4-5-15(14)20-9-10(8-18)16(23)21-12-2-1-3-13(7-12)22(24)25/h1-7,9,20H,19H2,(H,21,23)/b10-9-. The minimum Gasteiger partial charge on any atom is -0.399 e. The Balaban J connectivity index is 2.14. The monoisotopic (exact) mass is 357 g/mol. The molecule has 126 valence electrons. The molecule has 0 saturated heterocycles. The predicted molar refractivity (Wildman–Crippen MR) is 94.9 cm³/mol. The number of halogens is 1. The van der Waals surface area contributed by atoms with Crippen LogP contribution in [0, 0.1) is 21.4 Å². The van der Waals surface area contributed by atoms with Gasteiger partial charge in [-0.05, 0) is 24.3 Å². The fourth-order valence-corrected chi connectivity index (χ4v) is 2.09. The fourth-order valence-electron chi connectivity index (χ4n) is 1.84. The highest BCUT2D eigenvalue weighted by atomic mass is 35.5. The van der Waals surface area contributed by atoms with Crippen LogP contribution in [0.1, 0.15) is 0 Å². The molecule has 0 aliphatic carbocycles. The Labute approximate surface area is 147 Å². The molecule has 0 radical (unpaired) electrons. The van der Waals surface area contributed by atoms with Crippen molar-refractivity contribution in [2.45, 2.75) is 0 Å². The number of nitro benzene ring substituents is 1. The van der Waals surface area contributed by atoms with Crippen LogP contribution in [0.5, 0.6) is 0 Å². The first-order valence-electron chi connectivity index (χ1n) is 6.88. The van der Waals surface area contributed by atoms with E-state index in [1.165, 1.54) is 36.5 Å². The Morgan fingerprint density at radius 3 is 2.72 bits per heavy atom. The van der Waals surface area contributed by atoms with Crippen molar-refractivity contribution in [3.63, 3.8) is 0 Å². The third kappa shape index (κ3) is 4.70. The van der Waals surface area contributed by atoms with E-state index in [0.717, 1.165) is 0 Å². The largest absolute Gasteiger partial charge is 0.399 e. The first-order chi connectivity index (χ1) is 11.9. The third-order valence-corrected chi connectivity index (χ3v) is 3.36. The van der Waals surface area contributed by atoms with Gasteiger partial charge in [0.15, 0.2) is 0 Å². The minimum atomic E-state index is -0.720. The van der Waals surface area contributed by atoms with Crippen molar-refractivity contribution >= 4 is 40.3 Å². The van der Waals surface area contributed by atoms with Crippen LogP contribution in [0.25, 0.3) is 0 Å². The van der Waals surface area contributed by atoms with E-state index in [1.807, 2.05) is 0 Å². The second-order valence-corrected chi connectivity index (χ2v) is 5.22. The van der Waals surface area contributed by atoms with Crippen LogP contribution in [-0.4, -0.2) is 10.8 Å². The molecular formula is C16H12ClN5O3. The lowest BCUT2D eigenvalue weighted by Gasteiger charge is -2.07. The number of nitrogens with zero attached hydrogens (tertiary/aromatic N) is 2. The number of carbonyl (C=O) groups is 1. The van der Waals surface area contributed by atoms with Gasteiger partial charge >= 0.3 is 0 Å². The molecule has 2 rings (SSSR count). The molecule has 0 bridgehead atoms. The molecule has 0 aromatic heterocycles. The highest BCUT2D eigenvalue weighted by Crippen LogP contribution is 2.24. The lowest BCUT2D eigenvalue weighted by molar-refractivity contribution is -0.384. The van der Waals surface area contributed by atoms with Gasteiger partial charge in [-0.15, -0.1) is 0 Å². The van der Waals surface area contributed by atoms with Gasteiger partial charge in [0.05, 0.1) is 15.6 Å². The molecule has 0 heterocycles. The Bertz CT molecular complexity index is 905. The molecule has 25 heavy (non-hydrogen) atoms.